The second-order valence-electron chi connectivity index (χ2n) is 6.13. The van der Waals surface area contributed by atoms with Gasteiger partial charge in [-0.1, -0.05) is 12.1 Å². The van der Waals surface area contributed by atoms with Crippen molar-refractivity contribution in [3.63, 3.8) is 0 Å². The average molecular weight is 377 g/mol. The molecule has 1 heterocycles. The maximum absolute atomic E-state index is 13.1. The number of morpholine rings is 1. The molecule has 140 valence electrons. The van der Waals surface area contributed by atoms with Crippen LogP contribution in [0.3, 0.4) is 0 Å². The van der Waals surface area contributed by atoms with Crippen LogP contribution in [-0.4, -0.2) is 46.6 Å². The highest BCUT2D eigenvalue weighted by Gasteiger charge is 2.32. The Bertz CT molecular complexity index is 864. The Labute approximate surface area is 154 Å². The molecule has 0 saturated carbocycles. The summed E-state index contributed by atoms with van der Waals surface area (Å²) in [6.45, 7) is 2.74. The Balaban J connectivity index is 1.83. The van der Waals surface area contributed by atoms with E-state index in [9.17, 15) is 8.42 Å². The van der Waals surface area contributed by atoms with Crippen LogP contribution in [-0.2, 0) is 14.8 Å². The summed E-state index contributed by atoms with van der Waals surface area (Å²) in [5.41, 5.74) is 1.59. The average Bonchev–Trinajstić information content (AvgIpc) is 2.67. The topological polar surface area (TPSA) is 65.1 Å². The van der Waals surface area contributed by atoms with Crippen LogP contribution >= 0.6 is 0 Å². The molecule has 7 heteroatoms. The second kappa shape index (κ2) is 7.65. The fraction of sp³-hybridized carbons (Fsp3) is 0.368. The molecular weight excluding hydrogens is 354 g/mol. The molecule has 1 saturated heterocycles. The number of rotatable bonds is 5. The van der Waals surface area contributed by atoms with Crippen LogP contribution < -0.4 is 9.47 Å². The predicted molar refractivity (Wildman–Crippen MR) is 98.2 cm³/mol. The van der Waals surface area contributed by atoms with Gasteiger partial charge < -0.3 is 14.2 Å². The standard InChI is InChI=1S/C19H23NO5S/c1-14-12-17(24-3)8-9-19(14)26(21,22)20-10-11-25-18(13-20)15-4-6-16(23-2)7-5-15/h4-9,12,18H,10-11,13H2,1-3H3. The zero-order valence-electron chi connectivity index (χ0n) is 15.1. The molecule has 0 N–H and O–H groups in total. The number of nitrogens with zero attached hydrogens (tertiary/aromatic N) is 1. The highest BCUT2D eigenvalue weighted by molar-refractivity contribution is 7.89. The maximum atomic E-state index is 13.1. The monoisotopic (exact) mass is 377 g/mol. The summed E-state index contributed by atoms with van der Waals surface area (Å²) < 4.78 is 43.8. The lowest BCUT2D eigenvalue weighted by Gasteiger charge is -2.32. The van der Waals surface area contributed by atoms with Gasteiger partial charge in [0, 0.05) is 13.1 Å². The molecule has 0 amide bonds. The van der Waals surface area contributed by atoms with E-state index in [1.165, 1.54) is 4.31 Å². The number of hydrogen-bond acceptors (Lipinski definition) is 5. The molecule has 0 aromatic heterocycles. The molecule has 2 aromatic carbocycles. The first-order valence-electron chi connectivity index (χ1n) is 8.36. The zero-order chi connectivity index (χ0) is 18.7. The molecule has 1 atom stereocenters. The minimum Gasteiger partial charge on any atom is -0.497 e. The van der Waals surface area contributed by atoms with Gasteiger partial charge in [0.1, 0.15) is 11.5 Å². The van der Waals surface area contributed by atoms with Crippen molar-refractivity contribution >= 4 is 10.0 Å². The number of methoxy groups -OCH3 is 2. The van der Waals surface area contributed by atoms with Crippen molar-refractivity contribution in [2.45, 2.75) is 17.9 Å². The Morgan fingerprint density at radius 2 is 1.69 bits per heavy atom. The summed E-state index contributed by atoms with van der Waals surface area (Å²) in [6, 6.07) is 12.5. The van der Waals surface area contributed by atoms with Crippen LogP contribution in [0.15, 0.2) is 47.4 Å². The first kappa shape index (κ1) is 18.7. The molecule has 1 aliphatic heterocycles. The van der Waals surface area contributed by atoms with E-state index in [1.807, 2.05) is 24.3 Å². The normalized spacial score (nSPS) is 18.5. The molecule has 1 aliphatic rings. The lowest BCUT2D eigenvalue weighted by atomic mass is 10.1. The van der Waals surface area contributed by atoms with Gasteiger partial charge in [-0.05, 0) is 48.4 Å². The van der Waals surface area contributed by atoms with Gasteiger partial charge >= 0.3 is 0 Å². The number of ether oxygens (including phenoxy) is 3. The summed E-state index contributed by atoms with van der Waals surface area (Å²) in [5.74, 6) is 1.39. The van der Waals surface area contributed by atoms with Gasteiger partial charge in [0.2, 0.25) is 10.0 Å². The molecule has 0 bridgehead atoms. The third-order valence-electron chi connectivity index (χ3n) is 4.52. The molecular formula is C19H23NO5S. The molecule has 26 heavy (non-hydrogen) atoms. The van der Waals surface area contributed by atoms with Crippen LogP contribution in [0.1, 0.15) is 17.2 Å². The van der Waals surface area contributed by atoms with Crippen molar-refractivity contribution in [3.8, 4) is 11.5 Å². The van der Waals surface area contributed by atoms with E-state index in [2.05, 4.69) is 0 Å². The van der Waals surface area contributed by atoms with Gasteiger partial charge in [0.05, 0.1) is 31.8 Å². The molecule has 0 aliphatic carbocycles. The van der Waals surface area contributed by atoms with Gasteiger partial charge in [-0.3, -0.25) is 0 Å². The van der Waals surface area contributed by atoms with Gasteiger partial charge in [-0.25, -0.2) is 8.42 Å². The molecule has 1 unspecified atom stereocenters. The first-order chi connectivity index (χ1) is 12.5. The number of sulfonamides is 1. The summed E-state index contributed by atoms with van der Waals surface area (Å²) in [5, 5.41) is 0. The van der Waals surface area contributed by atoms with Crippen LogP contribution in [0, 0.1) is 6.92 Å². The molecule has 0 radical (unpaired) electrons. The Kier molecular flexibility index (Phi) is 5.50. The lowest BCUT2D eigenvalue weighted by molar-refractivity contribution is -0.00258. The molecule has 1 fully saturated rings. The van der Waals surface area contributed by atoms with Crippen LogP contribution in [0.5, 0.6) is 11.5 Å². The molecule has 6 nitrogen and oxygen atoms in total. The summed E-state index contributed by atoms with van der Waals surface area (Å²) in [7, 11) is -0.430. The molecule has 0 spiro atoms. The van der Waals surface area contributed by atoms with Crippen molar-refractivity contribution in [3.05, 3.63) is 53.6 Å². The van der Waals surface area contributed by atoms with E-state index < -0.39 is 10.0 Å². The van der Waals surface area contributed by atoms with Gasteiger partial charge in [-0.2, -0.15) is 4.31 Å². The maximum Gasteiger partial charge on any atom is 0.243 e. The Morgan fingerprint density at radius 3 is 2.31 bits per heavy atom. The Hall–Kier alpha value is -2.09. The van der Waals surface area contributed by atoms with Crippen LogP contribution in [0.4, 0.5) is 0 Å². The smallest absolute Gasteiger partial charge is 0.243 e. The van der Waals surface area contributed by atoms with Crippen molar-refractivity contribution in [2.24, 2.45) is 0 Å². The van der Waals surface area contributed by atoms with Gasteiger partial charge in [0.25, 0.3) is 0 Å². The van der Waals surface area contributed by atoms with E-state index in [0.717, 1.165) is 11.3 Å². The number of aryl methyl sites for hydroxylation is 1. The summed E-state index contributed by atoms with van der Waals surface area (Å²) >= 11 is 0. The second-order valence-corrected chi connectivity index (χ2v) is 8.03. The Morgan fingerprint density at radius 1 is 1.04 bits per heavy atom. The summed E-state index contributed by atoms with van der Waals surface area (Å²) in [4.78, 5) is 0.300. The molecule has 3 rings (SSSR count). The van der Waals surface area contributed by atoms with E-state index in [0.29, 0.717) is 29.4 Å². The number of hydrogen-bond donors (Lipinski definition) is 0. The van der Waals surface area contributed by atoms with E-state index in [4.69, 9.17) is 14.2 Å². The van der Waals surface area contributed by atoms with Gasteiger partial charge in [-0.15, -0.1) is 0 Å². The third-order valence-corrected chi connectivity index (χ3v) is 6.54. The van der Waals surface area contributed by atoms with Crippen LogP contribution in [0.2, 0.25) is 0 Å². The summed E-state index contributed by atoms with van der Waals surface area (Å²) in [6.07, 6.45) is -0.303. The highest BCUT2D eigenvalue weighted by atomic mass is 32.2. The minimum atomic E-state index is -3.60. The SMILES string of the molecule is COc1ccc(C2CN(S(=O)(=O)c3ccc(OC)cc3C)CCO2)cc1. The third kappa shape index (κ3) is 3.70. The quantitative estimate of drug-likeness (QED) is 0.802. The fourth-order valence-electron chi connectivity index (χ4n) is 3.04. The fourth-order valence-corrected chi connectivity index (χ4v) is 4.67. The molecule has 2 aromatic rings. The van der Waals surface area contributed by atoms with Crippen molar-refractivity contribution in [1.82, 2.24) is 4.31 Å². The minimum absolute atomic E-state index is 0.278. The number of benzene rings is 2. The van der Waals surface area contributed by atoms with Gasteiger partial charge in [0.15, 0.2) is 0 Å². The van der Waals surface area contributed by atoms with Crippen molar-refractivity contribution in [2.75, 3.05) is 33.9 Å². The lowest BCUT2D eigenvalue weighted by Crippen LogP contribution is -2.42. The van der Waals surface area contributed by atoms with Crippen molar-refractivity contribution < 1.29 is 22.6 Å². The van der Waals surface area contributed by atoms with Crippen LogP contribution in [0.25, 0.3) is 0 Å². The zero-order valence-corrected chi connectivity index (χ0v) is 16.0. The van der Waals surface area contributed by atoms with Crippen molar-refractivity contribution in [1.29, 1.82) is 0 Å². The largest absolute Gasteiger partial charge is 0.497 e. The van der Waals surface area contributed by atoms with E-state index in [1.54, 1.807) is 39.3 Å². The predicted octanol–water partition coefficient (Wildman–Crippen LogP) is 2.77. The first-order valence-corrected chi connectivity index (χ1v) is 9.80. The highest BCUT2D eigenvalue weighted by Crippen LogP contribution is 2.29. The van der Waals surface area contributed by atoms with E-state index in [-0.39, 0.29) is 12.6 Å². The van der Waals surface area contributed by atoms with E-state index >= 15 is 0 Å².